The summed E-state index contributed by atoms with van der Waals surface area (Å²) < 4.78 is 35.9. The van der Waals surface area contributed by atoms with E-state index in [1.807, 2.05) is 69.3 Å². The van der Waals surface area contributed by atoms with Crippen molar-refractivity contribution in [2.24, 2.45) is 4.99 Å². The first-order chi connectivity index (χ1) is 14.7. The molecule has 3 aromatic carbocycles. The van der Waals surface area contributed by atoms with Gasteiger partial charge in [-0.05, 0) is 55.7 Å². The zero-order valence-electron chi connectivity index (χ0n) is 17.8. The molecule has 0 bridgehead atoms. The molecule has 0 spiro atoms. The molecular weight excluding hydrogens is 410 g/mol. The van der Waals surface area contributed by atoms with Crippen molar-refractivity contribution in [2.75, 3.05) is 6.61 Å². The highest BCUT2D eigenvalue weighted by molar-refractivity contribution is 7.86. The van der Waals surface area contributed by atoms with Gasteiger partial charge in [-0.15, -0.1) is 0 Å². The van der Waals surface area contributed by atoms with E-state index in [0.717, 1.165) is 27.8 Å². The summed E-state index contributed by atoms with van der Waals surface area (Å²) in [4.78, 5) is 4.85. The van der Waals surface area contributed by atoms with E-state index in [1.165, 1.54) is 0 Å². The summed E-state index contributed by atoms with van der Waals surface area (Å²) in [6.07, 6.45) is 0. The number of ether oxygens (including phenoxy) is 1. The quantitative estimate of drug-likeness (QED) is 0.504. The molecule has 1 aliphatic heterocycles. The highest BCUT2D eigenvalue weighted by atomic mass is 32.2. The molecule has 0 saturated heterocycles. The van der Waals surface area contributed by atoms with Crippen LogP contribution in [-0.2, 0) is 25.6 Å². The molecule has 0 radical (unpaired) electrons. The first-order valence-electron chi connectivity index (χ1n) is 10.1. The molecule has 6 heteroatoms. The second kappa shape index (κ2) is 8.29. The lowest BCUT2D eigenvalue weighted by molar-refractivity contribution is 0.279. The Balaban J connectivity index is 1.51. The SMILES string of the molecule is Cc1ccc(S(=O)(=O)OCc2ccc(-c3ccccc3C3=NC(C)(C)CO3)cc2)cc1. The standard InChI is InChI=1S/C25H25NO4S/c1-18-8-14-21(15-9-18)31(27,28)30-16-19-10-12-20(13-11-19)22-6-4-5-7-23(22)24-26-25(2,3)17-29-24/h4-15H,16-17H2,1-3H3. The van der Waals surface area contributed by atoms with Crippen LogP contribution in [0.5, 0.6) is 0 Å². The van der Waals surface area contributed by atoms with E-state index >= 15 is 0 Å². The van der Waals surface area contributed by atoms with Gasteiger partial charge in [-0.25, -0.2) is 4.99 Å². The van der Waals surface area contributed by atoms with Gasteiger partial charge in [0.25, 0.3) is 10.1 Å². The van der Waals surface area contributed by atoms with Crippen LogP contribution in [0.2, 0.25) is 0 Å². The van der Waals surface area contributed by atoms with Crippen molar-refractivity contribution in [3.63, 3.8) is 0 Å². The fourth-order valence-electron chi connectivity index (χ4n) is 3.34. The second-order valence-electron chi connectivity index (χ2n) is 8.29. The molecule has 0 atom stereocenters. The summed E-state index contributed by atoms with van der Waals surface area (Å²) in [5.74, 6) is 0.650. The summed E-state index contributed by atoms with van der Waals surface area (Å²) in [6.45, 7) is 6.53. The number of aryl methyl sites for hydroxylation is 1. The van der Waals surface area contributed by atoms with E-state index in [9.17, 15) is 8.42 Å². The number of hydrogen-bond donors (Lipinski definition) is 0. The molecule has 0 unspecified atom stereocenters. The third kappa shape index (κ3) is 4.86. The number of aliphatic imine (C=N–C) groups is 1. The fraction of sp³-hybridized carbons (Fsp3) is 0.240. The van der Waals surface area contributed by atoms with E-state index in [0.29, 0.717) is 12.5 Å². The lowest BCUT2D eigenvalue weighted by Gasteiger charge is -2.11. The van der Waals surface area contributed by atoms with Crippen molar-refractivity contribution in [3.8, 4) is 11.1 Å². The number of hydrogen-bond acceptors (Lipinski definition) is 5. The number of rotatable bonds is 6. The molecule has 160 valence electrons. The van der Waals surface area contributed by atoms with Crippen LogP contribution in [0.15, 0.2) is 82.7 Å². The molecule has 5 nitrogen and oxygen atoms in total. The van der Waals surface area contributed by atoms with Gasteiger partial charge in [0.2, 0.25) is 5.90 Å². The van der Waals surface area contributed by atoms with Crippen LogP contribution in [0.4, 0.5) is 0 Å². The lowest BCUT2D eigenvalue weighted by atomic mass is 9.98. The first kappa shape index (κ1) is 21.3. The molecule has 3 aromatic rings. The van der Waals surface area contributed by atoms with E-state index in [4.69, 9.17) is 13.9 Å². The lowest BCUT2D eigenvalue weighted by Crippen LogP contribution is -2.17. The summed E-state index contributed by atoms with van der Waals surface area (Å²) in [5, 5.41) is 0. The topological polar surface area (TPSA) is 65.0 Å². The maximum absolute atomic E-state index is 12.4. The van der Waals surface area contributed by atoms with Crippen molar-refractivity contribution in [1.82, 2.24) is 0 Å². The predicted octanol–water partition coefficient (Wildman–Crippen LogP) is 5.12. The number of nitrogens with zero attached hydrogens (tertiary/aromatic N) is 1. The zero-order valence-corrected chi connectivity index (χ0v) is 18.6. The van der Waals surface area contributed by atoms with E-state index in [2.05, 4.69) is 0 Å². The molecule has 0 fully saturated rings. The Morgan fingerprint density at radius 3 is 2.19 bits per heavy atom. The highest BCUT2D eigenvalue weighted by Crippen LogP contribution is 2.29. The Hall–Kier alpha value is -2.96. The molecule has 0 aliphatic carbocycles. The van der Waals surface area contributed by atoms with Crippen molar-refractivity contribution in [1.29, 1.82) is 0 Å². The summed E-state index contributed by atoms with van der Waals surface area (Å²) in [7, 11) is -3.80. The molecule has 31 heavy (non-hydrogen) atoms. The van der Waals surface area contributed by atoms with Gasteiger partial charge < -0.3 is 4.74 Å². The maximum atomic E-state index is 12.4. The Kier molecular flexibility index (Phi) is 5.69. The third-order valence-electron chi connectivity index (χ3n) is 5.08. The zero-order chi connectivity index (χ0) is 22.1. The van der Waals surface area contributed by atoms with Gasteiger partial charge in [-0.2, -0.15) is 8.42 Å². The average molecular weight is 436 g/mol. The Morgan fingerprint density at radius 2 is 1.58 bits per heavy atom. The minimum atomic E-state index is -3.80. The Bertz CT molecular complexity index is 1210. The van der Waals surface area contributed by atoms with Gasteiger partial charge in [0.15, 0.2) is 0 Å². The Morgan fingerprint density at radius 1 is 0.935 bits per heavy atom. The van der Waals surface area contributed by atoms with E-state index < -0.39 is 10.1 Å². The van der Waals surface area contributed by atoms with Crippen LogP contribution < -0.4 is 0 Å². The van der Waals surface area contributed by atoms with Gasteiger partial charge in [0, 0.05) is 5.56 Å². The minimum Gasteiger partial charge on any atom is -0.475 e. The van der Waals surface area contributed by atoms with Gasteiger partial charge in [0.1, 0.15) is 6.61 Å². The maximum Gasteiger partial charge on any atom is 0.297 e. The average Bonchev–Trinajstić information content (AvgIpc) is 3.13. The van der Waals surface area contributed by atoms with Gasteiger partial charge >= 0.3 is 0 Å². The molecule has 1 aliphatic rings. The molecule has 0 amide bonds. The fourth-order valence-corrected chi connectivity index (χ4v) is 4.24. The summed E-state index contributed by atoms with van der Waals surface area (Å²) >= 11 is 0. The van der Waals surface area contributed by atoms with Crippen molar-refractivity contribution in [2.45, 2.75) is 37.8 Å². The largest absolute Gasteiger partial charge is 0.475 e. The van der Waals surface area contributed by atoms with Gasteiger partial charge in [-0.1, -0.05) is 60.2 Å². The monoisotopic (exact) mass is 435 g/mol. The third-order valence-corrected chi connectivity index (χ3v) is 6.36. The molecule has 0 N–H and O–H groups in total. The first-order valence-corrected chi connectivity index (χ1v) is 11.5. The van der Waals surface area contributed by atoms with Crippen LogP contribution in [0.3, 0.4) is 0 Å². The normalized spacial score (nSPS) is 15.4. The van der Waals surface area contributed by atoms with Crippen LogP contribution in [0.1, 0.15) is 30.5 Å². The summed E-state index contributed by atoms with van der Waals surface area (Å²) in [5.41, 5.74) is 4.49. The smallest absolute Gasteiger partial charge is 0.297 e. The van der Waals surface area contributed by atoms with Crippen molar-refractivity contribution in [3.05, 3.63) is 89.5 Å². The second-order valence-corrected chi connectivity index (χ2v) is 9.91. The molecule has 4 rings (SSSR count). The number of benzene rings is 3. The van der Waals surface area contributed by atoms with E-state index in [1.54, 1.807) is 24.3 Å². The van der Waals surface area contributed by atoms with Crippen molar-refractivity contribution < 1.29 is 17.3 Å². The minimum absolute atomic E-state index is 0.0256. The van der Waals surface area contributed by atoms with E-state index in [-0.39, 0.29) is 17.0 Å². The van der Waals surface area contributed by atoms with Crippen molar-refractivity contribution >= 4 is 16.0 Å². The summed E-state index contributed by atoms with van der Waals surface area (Å²) in [6, 6.07) is 22.2. The van der Waals surface area contributed by atoms with Crippen LogP contribution in [0, 0.1) is 6.92 Å². The Labute approximate surface area is 183 Å². The van der Waals surface area contributed by atoms with Gasteiger partial charge in [-0.3, -0.25) is 4.18 Å². The highest BCUT2D eigenvalue weighted by Gasteiger charge is 2.28. The van der Waals surface area contributed by atoms with Crippen LogP contribution in [-0.4, -0.2) is 26.5 Å². The van der Waals surface area contributed by atoms with Gasteiger partial charge in [0.05, 0.1) is 17.0 Å². The van der Waals surface area contributed by atoms with Crippen LogP contribution >= 0.6 is 0 Å². The molecule has 0 aromatic heterocycles. The predicted molar refractivity (Wildman–Crippen MR) is 122 cm³/mol. The molecule has 0 saturated carbocycles. The molecule has 1 heterocycles. The molecular formula is C25H25NO4S. The van der Waals surface area contributed by atoms with Crippen LogP contribution in [0.25, 0.3) is 11.1 Å².